The standard InChI is InChI=1S/C18H23N3O2S/c1-2-17-19-10-16(24-17)18(23)20-9-14-8-15(22)12-21(14)11-13-6-4-3-5-7-13/h3-7,10,14-15,22H,2,8-9,11-12H2,1H3,(H,20,23). The molecule has 1 saturated heterocycles. The van der Waals surface area contributed by atoms with Gasteiger partial charge in [0, 0.05) is 25.7 Å². The third-order valence-corrected chi connectivity index (χ3v) is 5.45. The van der Waals surface area contributed by atoms with Crippen LogP contribution in [0.3, 0.4) is 0 Å². The second kappa shape index (κ2) is 7.88. The first-order valence-electron chi connectivity index (χ1n) is 8.34. The summed E-state index contributed by atoms with van der Waals surface area (Å²) in [6.07, 6.45) is 2.85. The van der Waals surface area contributed by atoms with Crippen molar-refractivity contribution in [2.75, 3.05) is 13.1 Å². The van der Waals surface area contributed by atoms with Gasteiger partial charge < -0.3 is 10.4 Å². The Morgan fingerprint density at radius 2 is 2.21 bits per heavy atom. The minimum atomic E-state index is -0.328. The molecule has 2 aromatic rings. The fraction of sp³-hybridized carbons (Fsp3) is 0.444. The molecule has 3 rings (SSSR count). The number of aromatic nitrogens is 1. The Bertz CT molecular complexity index is 674. The van der Waals surface area contributed by atoms with E-state index in [1.807, 2.05) is 25.1 Å². The van der Waals surface area contributed by atoms with Gasteiger partial charge in [-0.25, -0.2) is 4.98 Å². The minimum absolute atomic E-state index is 0.0757. The van der Waals surface area contributed by atoms with Crippen LogP contribution in [0.4, 0.5) is 0 Å². The van der Waals surface area contributed by atoms with Crippen LogP contribution in [0.2, 0.25) is 0 Å². The van der Waals surface area contributed by atoms with Gasteiger partial charge >= 0.3 is 0 Å². The molecule has 1 amide bonds. The van der Waals surface area contributed by atoms with Crippen molar-refractivity contribution in [1.29, 1.82) is 0 Å². The fourth-order valence-electron chi connectivity index (χ4n) is 3.06. The molecule has 2 unspecified atom stereocenters. The van der Waals surface area contributed by atoms with Crippen molar-refractivity contribution in [3.8, 4) is 0 Å². The molecule has 0 spiro atoms. The predicted molar refractivity (Wildman–Crippen MR) is 95.1 cm³/mol. The molecule has 2 atom stereocenters. The van der Waals surface area contributed by atoms with Crippen LogP contribution >= 0.6 is 11.3 Å². The van der Waals surface area contributed by atoms with Gasteiger partial charge in [-0.2, -0.15) is 0 Å². The van der Waals surface area contributed by atoms with Crippen LogP contribution in [0.25, 0.3) is 0 Å². The lowest BCUT2D eigenvalue weighted by molar-refractivity contribution is 0.0943. The van der Waals surface area contributed by atoms with Crippen molar-refractivity contribution in [2.24, 2.45) is 0 Å². The molecule has 1 aliphatic rings. The lowest BCUT2D eigenvalue weighted by Gasteiger charge is -2.24. The maximum atomic E-state index is 12.3. The number of amides is 1. The summed E-state index contributed by atoms with van der Waals surface area (Å²) >= 11 is 1.44. The highest BCUT2D eigenvalue weighted by Crippen LogP contribution is 2.20. The Kier molecular flexibility index (Phi) is 5.60. The number of hydrogen-bond acceptors (Lipinski definition) is 5. The van der Waals surface area contributed by atoms with Crippen LogP contribution in [-0.2, 0) is 13.0 Å². The van der Waals surface area contributed by atoms with Gasteiger partial charge in [-0.1, -0.05) is 37.3 Å². The Morgan fingerprint density at radius 1 is 1.42 bits per heavy atom. The second-order valence-corrected chi connectivity index (χ2v) is 7.26. The molecular formula is C18H23N3O2S. The van der Waals surface area contributed by atoms with Crippen molar-refractivity contribution in [3.63, 3.8) is 0 Å². The van der Waals surface area contributed by atoms with Gasteiger partial charge in [0.05, 0.1) is 17.3 Å². The highest BCUT2D eigenvalue weighted by molar-refractivity contribution is 7.13. The number of benzene rings is 1. The molecule has 0 aliphatic carbocycles. The molecule has 1 fully saturated rings. The number of thiazole rings is 1. The topological polar surface area (TPSA) is 65.5 Å². The third kappa shape index (κ3) is 4.20. The molecule has 0 bridgehead atoms. The van der Waals surface area contributed by atoms with Crippen molar-refractivity contribution < 1.29 is 9.90 Å². The van der Waals surface area contributed by atoms with Gasteiger partial charge in [0.2, 0.25) is 0 Å². The summed E-state index contributed by atoms with van der Waals surface area (Å²) in [4.78, 5) is 19.4. The minimum Gasteiger partial charge on any atom is -0.392 e. The molecule has 0 saturated carbocycles. The second-order valence-electron chi connectivity index (χ2n) is 6.14. The highest BCUT2D eigenvalue weighted by atomic mass is 32.1. The van der Waals surface area contributed by atoms with Gasteiger partial charge in [0.25, 0.3) is 5.91 Å². The van der Waals surface area contributed by atoms with Crippen LogP contribution in [0.1, 0.15) is 33.6 Å². The van der Waals surface area contributed by atoms with Gasteiger partial charge in [-0.15, -0.1) is 11.3 Å². The van der Waals surface area contributed by atoms with Crippen LogP contribution in [-0.4, -0.2) is 46.1 Å². The van der Waals surface area contributed by atoms with E-state index in [9.17, 15) is 9.90 Å². The highest BCUT2D eigenvalue weighted by Gasteiger charge is 2.31. The molecule has 1 aromatic heterocycles. The van der Waals surface area contributed by atoms with Crippen molar-refractivity contribution in [2.45, 2.75) is 38.5 Å². The lowest BCUT2D eigenvalue weighted by atomic mass is 10.1. The Labute approximate surface area is 146 Å². The predicted octanol–water partition coefficient (Wildman–Crippen LogP) is 2.07. The van der Waals surface area contributed by atoms with E-state index in [4.69, 9.17) is 0 Å². The van der Waals surface area contributed by atoms with E-state index < -0.39 is 0 Å². The SMILES string of the molecule is CCc1ncc(C(=O)NCC2CC(O)CN2Cc2ccccc2)s1. The number of aliphatic hydroxyl groups excluding tert-OH is 1. The molecule has 2 heterocycles. The van der Waals surface area contributed by atoms with E-state index in [0.29, 0.717) is 24.4 Å². The maximum absolute atomic E-state index is 12.3. The molecule has 1 aliphatic heterocycles. The average Bonchev–Trinajstić information content (AvgIpc) is 3.20. The summed E-state index contributed by atoms with van der Waals surface area (Å²) in [6.45, 7) is 4.01. The van der Waals surface area contributed by atoms with Crippen LogP contribution in [0.5, 0.6) is 0 Å². The number of carbonyl (C=O) groups is 1. The molecule has 2 N–H and O–H groups in total. The number of nitrogens with zero attached hydrogens (tertiary/aromatic N) is 2. The average molecular weight is 345 g/mol. The summed E-state index contributed by atoms with van der Waals surface area (Å²) in [5, 5.41) is 14.0. The summed E-state index contributed by atoms with van der Waals surface area (Å²) in [7, 11) is 0. The number of carbonyl (C=O) groups excluding carboxylic acids is 1. The van der Waals surface area contributed by atoms with Crippen LogP contribution in [0, 0.1) is 0 Å². The van der Waals surface area contributed by atoms with Gasteiger partial charge in [0.15, 0.2) is 0 Å². The summed E-state index contributed by atoms with van der Waals surface area (Å²) in [6, 6.07) is 10.4. The van der Waals surface area contributed by atoms with Gasteiger partial charge in [-0.3, -0.25) is 9.69 Å². The van der Waals surface area contributed by atoms with E-state index in [-0.39, 0.29) is 18.1 Å². The molecule has 24 heavy (non-hydrogen) atoms. The monoisotopic (exact) mass is 345 g/mol. The first-order valence-corrected chi connectivity index (χ1v) is 9.16. The Balaban J connectivity index is 1.57. The first kappa shape index (κ1) is 17.1. The molecule has 128 valence electrons. The van der Waals surface area contributed by atoms with Crippen LogP contribution in [0.15, 0.2) is 36.5 Å². The van der Waals surface area contributed by atoms with Gasteiger partial charge in [0.1, 0.15) is 4.88 Å². The summed E-state index contributed by atoms with van der Waals surface area (Å²) in [5.41, 5.74) is 1.22. The van der Waals surface area contributed by atoms with E-state index in [0.717, 1.165) is 18.0 Å². The zero-order valence-electron chi connectivity index (χ0n) is 13.8. The molecule has 5 nitrogen and oxygen atoms in total. The van der Waals surface area contributed by atoms with Crippen molar-refractivity contribution in [1.82, 2.24) is 15.2 Å². The summed E-state index contributed by atoms with van der Waals surface area (Å²) in [5.74, 6) is -0.0757. The summed E-state index contributed by atoms with van der Waals surface area (Å²) < 4.78 is 0. The number of likely N-dealkylation sites (tertiary alicyclic amines) is 1. The number of aryl methyl sites for hydroxylation is 1. The molecule has 6 heteroatoms. The number of nitrogens with one attached hydrogen (secondary N) is 1. The first-order chi connectivity index (χ1) is 11.7. The third-order valence-electron chi connectivity index (χ3n) is 4.31. The van der Waals surface area contributed by atoms with Crippen molar-refractivity contribution >= 4 is 17.2 Å². The largest absolute Gasteiger partial charge is 0.392 e. The number of β-amino-alcohol motifs (C(OH)–C–C–N with tert-alkyl or cyclic N) is 1. The zero-order valence-corrected chi connectivity index (χ0v) is 14.6. The van der Waals surface area contributed by atoms with E-state index in [1.54, 1.807) is 6.20 Å². The number of hydrogen-bond donors (Lipinski definition) is 2. The normalized spacial score (nSPS) is 21.1. The maximum Gasteiger partial charge on any atom is 0.263 e. The Morgan fingerprint density at radius 3 is 2.92 bits per heavy atom. The van der Waals surface area contributed by atoms with E-state index >= 15 is 0 Å². The van der Waals surface area contributed by atoms with E-state index in [2.05, 4.69) is 27.3 Å². The number of aliphatic hydroxyl groups is 1. The fourth-order valence-corrected chi connectivity index (χ4v) is 3.83. The van der Waals surface area contributed by atoms with Crippen LogP contribution < -0.4 is 5.32 Å². The Hall–Kier alpha value is -1.76. The quantitative estimate of drug-likeness (QED) is 0.841. The zero-order chi connectivity index (χ0) is 16.9. The van der Waals surface area contributed by atoms with Gasteiger partial charge in [-0.05, 0) is 18.4 Å². The lowest BCUT2D eigenvalue weighted by Crippen LogP contribution is -2.39. The molecule has 0 radical (unpaired) electrons. The van der Waals surface area contributed by atoms with E-state index in [1.165, 1.54) is 16.9 Å². The molecular weight excluding hydrogens is 322 g/mol. The molecule has 1 aromatic carbocycles. The number of rotatable bonds is 6. The smallest absolute Gasteiger partial charge is 0.263 e. The van der Waals surface area contributed by atoms with Crippen molar-refractivity contribution in [3.05, 3.63) is 52.0 Å².